The summed E-state index contributed by atoms with van der Waals surface area (Å²) in [6, 6.07) is 9.72. The summed E-state index contributed by atoms with van der Waals surface area (Å²) < 4.78 is 1.53. The van der Waals surface area contributed by atoms with Gasteiger partial charge in [0.2, 0.25) is 5.16 Å². The summed E-state index contributed by atoms with van der Waals surface area (Å²) in [7, 11) is 0. The molecule has 0 saturated carbocycles. The molecule has 5 nitrogen and oxygen atoms in total. The highest BCUT2D eigenvalue weighted by molar-refractivity contribution is 7.98. The van der Waals surface area contributed by atoms with Crippen molar-refractivity contribution in [1.29, 1.82) is 5.26 Å². The average Bonchev–Trinajstić information content (AvgIpc) is 2.78. The second-order valence-electron chi connectivity index (χ2n) is 4.08. The van der Waals surface area contributed by atoms with E-state index in [0.717, 1.165) is 24.2 Å². The molecule has 0 saturated heterocycles. The maximum atomic E-state index is 9.03. The fraction of sp³-hybridized carbons (Fsp3) is 0.308. The fourth-order valence-corrected chi connectivity index (χ4v) is 2.58. The van der Waals surface area contributed by atoms with Crippen molar-refractivity contribution in [2.24, 2.45) is 0 Å². The first-order chi connectivity index (χ1) is 9.26. The van der Waals surface area contributed by atoms with Crippen molar-refractivity contribution >= 4 is 11.8 Å². The van der Waals surface area contributed by atoms with Crippen LogP contribution in [0.4, 0.5) is 0 Å². The van der Waals surface area contributed by atoms with Gasteiger partial charge >= 0.3 is 0 Å². The van der Waals surface area contributed by atoms with E-state index < -0.39 is 0 Å². The van der Waals surface area contributed by atoms with E-state index in [0.29, 0.717) is 16.5 Å². The molecule has 1 aromatic carbocycles. The second kappa shape index (κ2) is 6.25. The molecule has 0 aliphatic heterocycles. The predicted molar refractivity (Wildman–Crippen MR) is 74.9 cm³/mol. The number of aromatic nitrogens is 3. The summed E-state index contributed by atoms with van der Waals surface area (Å²) >= 11 is 1.49. The van der Waals surface area contributed by atoms with Gasteiger partial charge in [0.05, 0.1) is 11.6 Å². The minimum absolute atomic E-state index is 0.658. The topological polar surface area (TPSA) is 80.5 Å². The van der Waals surface area contributed by atoms with Crippen LogP contribution in [0, 0.1) is 11.3 Å². The van der Waals surface area contributed by atoms with Gasteiger partial charge in [-0.15, -0.1) is 10.2 Å². The number of aryl methyl sites for hydroxylation is 1. The fourth-order valence-electron chi connectivity index (χ4n) is 1.70. The maximum absolute atomic E-state index is 9.03. The van der Waals surface area contributed by atoms with Gasteiger partial charge in [0.1, 0.15) is 0 Å². The van der Waals surface area contributed by atoms with E-state index in [4.69, 9.17) is 11.1 Å². The summed E-state index contributed by atoms with van der Waals surface area (Å²) in [5.74, 6) is 7.38. The standard InChI is InChI=1S/C13H15N5S/c1-2-5-12-16-17-13(18(12)15)19-9-11-7-4-3-6-10(11)8-14/h3-4,6-7H,2,5,9,15H2,1H3. The molecule has 6 heteroatoms. The molecular weight excluding hydrogens is 258 g/mol. The molecular formula is C13H15N5S. The molecule has 0 aliphatic carbocycles. The molecule has 2 aromatic rings. The lowest BCUT2D eigenvalue weighted by molar-refractivity contribution is 0.757. The smallest absolute Gasteiger partial charge is 0.210 e. The lowest BCUT2D eigenvalue weighted by Crippen LogP contribution is -2.13. The number of rotatable bonds is 5. The molecule has 0 radical (unpaired) electrons. The van der Waals surface area contributed by atoms with Crippen molar-refractivity contribution in [2.75, 3.05) is 5.84 Å². The summed E-state index contributed by atoms with van der Waals surface area (Å²) in [5, 5.41) is 17.8. The molecule has 0 spiro atoms. The van der Waals surface area contributed by atoms with Crippen molar-refractivity contribution in [3.63, 3.8) is 0 Å². The summed E-state index contributed by atoms with van der Waals surface area (Å²) in [5.41, 5.74) is 1.67. The minimum Gasteiger partial charge on any atom is -0.336 e. The largest absolute Gasteiger partial charge is 0.336 e. The lowest BCUT2D eigenvalue weighted by Gasteiger charge is -2.04. The van der Waals surface area contributed by atoms with Gasteiger partial charge in [-0.2, -0.15) is 5.26 Å². The van der Waals surface area contributed by atoms with Crippen LogP contribution >= 0.6 is 11.8 Å². The third kappa shape index (κ3) is 3.06. The molecule has 1 aromatic heterocycles. The molecule has 0 fully saturated rings. The van der Waals surface area contributed by atoms with Crippen LogP contribution in [0.15, 0.2) is 29.4 Å². The summed E-state index contributed by atoms with van der Waals surface area (Å²) in [6.45, 7) is 2.07. The Bertz CT molecular complexity index is 599. The molecule has 98 valence electrons. The van der Waals surface area contributed by atoms with Crippen LogP contribution in [0.25, 0.3) is 0 Å². The molecule has 0 atom stereocenters. The quantitative estimate of drug-likeness (QED) is 0.666. The van der Waals surface area contributed by atoms with Crippen molar-refractivity contribution in [3.05, 3.63) is 41.2 Å². The highest BCUT2D eigenvalue weighted by atomic mass is 32.2. The Morgan fingerprint density at radius 3 is 2.89 bits per heavy atom. The van der Waals surface area contributed by atoms with Gasteiger partial charge in [-0.3, -0.25) is 0 Å². The summed E-state index contributed by atoms with van der Waals surface area (Å²) in [6.07, 6.45) is 1.80. The Morgan fingerprint density at radius 1 is 1.37 bits per heavy atom. The van der Waals surface area contributed by atoms with Crippen LogP contribution in [-0.4, -0.2) is 14.9 Å². The molecule has 0 amide bonds. The van der Waals surface area contributed by atoms with E-state index in [2.05, 4.69) is 23.2 Å². The monoisotopic (exact) mass is 273 g/mol. The number of thioether (sulfide) groups is 1. The molecule has 1 heterocycles. The zero-order chi connectivity index (χ0) is 13.7. The van der Waals surface area contributed by atoms with Crippen LogP contribution in [0.1, 0.15) is 30.3 Å². The van der Waals surface area contributed by atoms with Crippen molar-refractivity contribution < 1.29 is 0 Å². The van der Waals surface area contributed by atoms with Crippen molar-refractivity contribution in [3.8, 4) is 6.07 Å². The Morgan fingerprint density at radius 2 is 2.16 bits per heavy atom. The predicted octanol–water partition coefficient (Wildman–Crippen LogP) is 2.11. The van der Waals surface area contributed by atoms with E-state index in [1.54, 1.807) is 0 Å². The first-order valence-corrected chi connectivity index (χ1v) is 7.05. The number of nitrogens with zero attached hydrogens (tertiary/aromatic N) is 4. The van der Waals surface area contributed by atoms with Crippen LogP contribution < -0.4 is 5.84 Å². The normalized spacial score (nSPS) is 10.3. The number of hydrogen-bond donors (Lipinski definition) is 1. The lowest BCUT2D eigenvalue weighted by atomic mass is 10.1. The van der Waals surface area contributed by atoms with E-state index in [1.165, 1.54) is 16.4 Å². The SMILES string of the molecule is CCCc1nnc(SCc2ccccc2C#N)n1N. The van der Waals surface area contributed by atoms with Gasteiger partial charge in [0, 0.05) is 12.2 Å². The van der Waals surface area contributed by atoms with Crippen molar-refractivity contribution in [1.82, 2.24) is 14.9 Å². The van der Waals surface area contributed by atoms with Crippen molar-refractivity contribution in [2.45, 2.75) is 30.7 Å². The van der Waals surface area contributed by atoms with Gasteiger partial charge in [-0.1, -0.05) is 36.9 Å². The van der Waals surface area contributed by atoms with Gasteiger partial charge in [-0.25, -0.2) is 4.68 Å². The molecule has 0 aliphatic rings. The number of benzene rings is 1. The Kier molecular flexibility index (Phi) is 4.42. The third-order valence-electron chi connectivity index (χ3n) is 2.70. The van der Waals surface area contributed by atoms with E-state index >= 15 is 0 Å². The first kappa shape index (κ1) is 13.4. The highest BCUT2D eigenvalue weighted by Crippen LogP contribution is 2.22. The Balaban J connectivity index is 2.09. The van der Waals surface area contributed by atoms with Crippen LogP contribution in [0.3, 0.4) is 0 Å². The Labute approximate surface area is 116 Å². The minimum atomic E-state index is 0.658. The first-order valence-electron chi connectivity index (χ1n) is 6.06. The van der Waals surface area contributed by atoms with E-state index in [1.807, 2.05) is 24.3 Å². The molecule has 0 unspecified atom stereocenters. The van der Waals surface area contributed by atoms with Crippen LogP contribution in [-0.2, 0) is 12.2 Å². The molecule has 0 bridgehead atoms. The zero-order valence-corrected chi connectivity index (χ0v) is 11.5. The second-order valence-corrected chi connectivity index (χ2v) is 5.02. The molecule has 2 rings (SSSR count). The third-order valence-corrected chi connectivity index (χ3v) is 3.70. The van der Waals surface area contributed by atoms with Gasteiger partial charge in [0.15, 0.2) is 5.82 Å². The van der Waals surface area contributed by atoms with E-state index in [9.17, 15) is 0 Å². The highest BCUT2D eigenvalue weighted by Gasteiger charge is 2.10. The Hall–Kier alpha value is -2.00. The number of hydrogen-bond acceptors (Lipinski definition) is 5. The zero-order valence-electron chi connectivity index (χ0n) is 10.7. The van der Waals surface area contributed by atoms with Crippen LogP contribution in [0.5, 0.6) is 0 Å². The van der Waals surface area contributed by atoms with Gasteiger partial charge in [-0.05, 0) is 18.1 Å². The average molecular weight is 273 g/mol. The number of nitrogen functional groups attached to an aromatic ring is 1. The molecule has 2 N–H and O–H groups in total. The van der Waals surface area contributed by atoms with Crippen LogP contribution in [0.2, 0.25) is 0 Å². The number of nitriles is 1. The summed E-state index contributed by atoms with van der Waals surface area (Å²) in [4.78, 5) is 0. The maximum Gasteiger partial charge on any atom is 0.210 e. The number of nitrogens with two attached hydrogens (primary N) is 1. The van der Waals surface area contributed by atoms with Gasteiger partial charge in [0.25, 0.3) is 0 Å². The molecule has 19 heavy (non-hydrogen) atoms. The van der Waals surface area contributed by atoms with Gasteiger partial charge < -0.3 is 5.84 Å². The van der Waals surface area contributed by atoms with E-state index in [-0.39, 0.29) is 0 Å².